The Morgan fingerprint density at radius 1 is 0.941 bits per heavy atom. The highest BCUT2D eigenvalue weighted by molar-refractivity contribution is 6.06. The normalized spacial score (nSPS) is 14.9. The zero-order chi connectivity index (χ0) is 35.9. The number of methoxy groups -OCH3 is 2. The molecule has 5 aromatic rings. The van der Waals surface area contributed by atoms with Gasteiger partial charge in [-0.05, 0) is 70.3 Å². The van der Waals surface area contributed by atoms with Gasteiger partial charge in [0.05, 0.1) is 54.9 Å². The Morgan fingerprint density at radius 3 is 2.45 bits per heavy atom. The van der Waals surface area contributed by atoms with Gasteiger partial charge >= 0.3 is 6.09 Å². The van der Waals surface area contributed by atoms with Crippen molar-refractivity contribution in [2.45, 2.75) is 39.5 Å². The van der Waals surface area contributed by atoms with Gasteiger partial charge in [0.25, 0.3) is 5.91 Å². The number of carbonyl (C=O) groups is 2. The van der Waals surface area contributed by atoms with E-state index < -0.39 is 11.7 Å². The predicted molar refractivity (Wildman–Crippen MR) is 195 cm³/mol. The van der Waals surface area contributed by atoms with Crippen molar-refractivity contribution in [3.05, 3.63) is 83.8 Å². The lowest BCUT2D eigenvalue weighted by molar-refractivity contribution is 0.0545. The van der Waals surface area contributed by atoms with Crippen LogP contribution in [0.25, 0.3) is 22.4 Å². The molecule has 7 rings (SSSR count). The smallest absolute Gasteiger partial charge is 0.420 e. The van der Waals surface area contributed by atoms with E-state index in [0.29, 0.717) is 51.2 Å². The molecule has 0 radical (unpaired) electrons. The van der Waals surface area contributed by atoms with E-state index in [4.69, 9.17) is 24.2 Å². The van der Waals surface area contributed by atoms with Crippen LogP contribution in [0.5, 0.6) is 11.5 Å². The lowest BCUT2D eigenvalue weighted by Crippen LogP contribution is -2.44. The Bertz CT molecular complexity index is 2100. The van der Waals surface area contributed by atoms with Crippen LogP contribution in [-0.4, -0.2) is 94.4 Å². The number of carbonyl (C=O) groups excluding carboxylic acids is 2. The molecule has 0 bridgehead atoms. The van der Waals surface area contributed by atoms with Gasteiger partial charge in [0.15, 0.2) is 0 Å². The van der Waals surface area contributed by atoms with Crippen molar-refractivity contribution in [1.29, 1.82) is 0 Å². The number of hydrogen-bond acceptors (Lipinski definition) is 11. The summed E-state index contributed by atoms with van der Waals surface area (Å²) in [5, 5.41) is 4.11. The minimum atomic E-state index is -0.750. The number of rotatable bonds is 8. The average molecular weight is 691 g/mol. The monoisotopic (exact) mass is 690 g/mol. The quantitative estimate of drug-likeness (QED) is 0.208. The molecule has 4 aromatic heterocycles. The summed E-state index contributed by atoms with van der Waals surface area (Å²) in [4.78, 5) is 48.7. The Labute approximate surface area is 296 Å². The van der Waals surface area contributed by atoms with E-state index in [9.17, 15) is 9.59 Å². The van der Waals surface area contributed by atoms with Crippen molar-refractivity contribution in [3.63, 3.8) is 0 Å². The molecular weight excluding hydrogens is 648 g/mol. The van der Waals surface area contributed by atoms with Crippen LogP contribution in [0.3, 0.4) is 0 Å². The van der Waals surface area contributed by atoms with Crippen LogP contribution in [-0.2, 0) is 17.8 Å². The van der Waals surface area contributed by atoms with Crippen LogP contribution >= 0.6 is 0 Å². The largest absolute Gasteiger partial charge is 0.497 e. The van der Waals surface area contributed by atoms with Crippen LogP contribution in [0.15, 0.2) is 67.1 Å². The van der Waals surface area contributed by atoms with Crippen molar-refractivity contribution in [2.75, 3.05) is 57.7 Å². The van der Waals surface area contributed by atoms with E-state index in [2.05, 4.69) is 27.1 Å². The fourth-order valence-corrected chi connectivity index (χ4v) is 6.55. The molecule has 1 fully saturated rings. The summed E-state index contributed by atoms with van der Waals surface area (Å²) in [5.41, 5.74) is 4.14. The second kappa shape index (κ2) is 13.6. The Balaban J connectivity index is 1.29. The average Bonchev–Trinajstić information content (AvgIpc) is 3.66. The number of nitrogens with one attached hydrogen (secondary N) is 1. The Morgan fingerprint density at radius 2 is 1.75 bits per heavy atom. The minimum Gasteiger partial charge on any atom is -0.497 e. The number of piperazine rings is 1. The summed E-state index contributed by atoms with van der Waals surface area (Å²) in [6.07, 6.45) is 4.53. The number of amides is 1. The summed E-state index contributed by atoms with van der Waals surface area (Å²) in [6.45, 7) is 9.81. The van der Waals surface area contributed by atoms with E-state index in [1.165, 1.54) is 4.57 Å². The zero-order valence-corrected chi connectivity index (χ0v) is 29.8. The van der Waals surface area contributed by atoms with E-state index in [1.807, 2.05) is 69.4 Å². The second-order valence-corrected chi connectivity index (χ2v) is 13.8. The van der Waals surface area contributed by atoms with E-state index in [0.717, 1.165) is 42.8 Å². The number of fused-ring (bicyclic) bond motifs is 2. The molecule has 0 unspecified atom stereocenters. The highest BCUT2D eigenvalue weighted by atomic mass is 16.6. The SMILES string of the molecule is COc1ccc(CN2Cc3c(-c4cc5cccnc5n4C(=O)OC(C)(C)C)ncc(Nc4ccc(N5CCN(C)CC5)cn4)c3C2=O)c(OC)c1. The molecule has 1 N–H and O–H groups in total. The molecule has 2 aliphatic rings. The molecule has 0 saturated carbocycles. The van der Waals surface area contributed by atoms with Crippen molar-refractivity contribution >= 4 is 40.2 Å². The first-order chi connectivity index (χ1) is 24.5. The molecule has 13 nitrogen and oxygen atoms in total. The van der Waals surface area contributed by atoms with Gasteiger partial charge in [0, 0.05) is 68.0 Å². The molecule has 1 saturated heterocycles. The maximum Gasteiger partial charge on any atom is 0.420 e. The highest BCUT2D eigenvalue weighted by Gasteiger charge is 2.36. The lowest BCUT2D eigenvalue weighted by Gasteiger charge is -2.33. The van der Waals surface area contributed by atoms with Crippen molar-refractivity contribution in [3.8, 4) is 22.9 Å². The third-order valence-corrected chi connectivity index (χ3v) is 9.14. The molecule has 13 heteroatoms. The molecule has 51 heavy (non-hydrogen) atoms. The summed E-state index contributed by atoms with van der Waals surface area (Å²) in [5.74, 6) is 1.65. The van der Waals surface area contributed by atoms with Crippen LogP contribution in [0.1, 0.15) is 42.3 Å². The number of aromatic nitrogens is 4. The standard InChI is InChI=1S/C38H42N8O5/c1-38(2,3)51-37(48)46-30(18-24-8-7-13-39-35(24)46)34-28-23-45(22-25-9-11-27(49-5)19-31(25)50-6)36(47)33(28)29(21-41-34)42-32-12-10-26(20-40-32)44-16-14-43(4)15-17-44/h7-13,18-21H,14-17,22-23H2,1-6H3,(H,40,42). The zero-order valence-electron chi connectivity index (χ0n) is 29.8. The van der Waals surface area contributed by atoms with Crippen LogP contribution < -0.4 is 19.7 Å². The van der Waals surface area contributed by atoms with Gasteiger partial charge in [-0.1, -0.05) is 0 Å². The summed E-state index contributed by atoms with van der Waals surface area (Å²) in [7, 11) is 5.32. The molecule has 264 valence electrons. The molecule has 1 aromatic carbocycles. The van der Waals surface area contributed by atoms with Crippen LogP contribution in [0.2, 0.25) is 0 Å². The summed E-state index contributed by atoms with van der Waals surface area (Å²) in [6, 6.07) is 15.0. The summed E-state index contributed by atoms with van der Waals surface area (Å²) < 4.78 is 18.3. The third kappa shape index (κ3) is 6.76. The highest BCUT2D eigenvalue weighted by Crippen LogP contribution is 2.40. The number of benzene rings is 1. The van der Waals surface area contributed by atoms with E-state index >= 15 is 0 Å². The van der Waals surface area contributed by atoms with Crippen molar-refractivity contribution in [2.24, 2.45) is 0 Å². The summed E-state index contributed by atoms with van der Waals surface area (Å²) >= 11 is 0. The number of likely N-dealkylation sites (N-methyl/N-ethyl adjacent to an activating group) is 1. The number of anilines is 3. The van der Waals surface area contributed by atoms with Gasteiger partial charge in [-0.2, -0.15) is 0 Å². The molecule has 1 amide bonds. The lowest BCUT2D eigenvalue weighted by atomic mass is 10.0. The number of hydrogen-bond donors (Lipinski definition) is 1. The molecule has 0 aliphatic carbocycles. The van der Waals surface area contributed by atoms with Gasteiger partial charge in [-0.25, -0.2) is 19.3 Å². The van der Waals surface area contributed by atoms with Crippen molar-refractivity contribution < 1.29 is 23.8 Å². The Kier molecular flexibility index (Phi) is 8.98. The second-order valence-electron chi connectivity index (χ2n) is 13.8. The topological polar surface area (TPSA) is 127 Å². The van der Waals surface area contributed by atoms with Crippen molar-refractivity contribution in [1.82, 2.24) is 29.3 Å². The van der Waals surface area contributed by atoms with Gasteiger partial charge in [0.2, 0.25) is 0 Å². The fourth-order valence-electron chi connectivity index (χ4n) is 6.55. The van der Waals surface area contributed by atoms with Gasteiger partial charge in [-0.15, -0.1) is 0 Å². The van der Waals surface area contributed by atoms with Gasteiger partial charge in [-0.3, -0.25) is 9.78 Å². The van der Waals surface area contributed by atoms with Crippen LogP contribution in [0, 0.1) is 0 Å². The molecule has 6 heterocycles. The number of ether oxygens (including phenoxy) is 3. The first-order valence-corrected chi connectivity index (χ1v) is 16.9. The first-order valence-electron chi connectivity index (χ1n) is 16.9. The minimum absolute atomic E-state index is 0.193. The predicted octanol–water partition coefficient (Wildman–Crippen LogP) is 5.95. The maximum atomic E-state index is 14.4. The number of pyridine rings is 3. The van der Waals surface area contributed by atoms with E-state index in [-0.39, 0.29) is 19.0 Å². The van der Waals surface area contributed by atoms with Gasteiger partial charge in [0.1, 0.15) is 28.6 Å². The van der Waals surface area contributed by atoms with E-state index in [1.54, 1.807) is 37.6 Å². The molecule has 0 atom stereocenters. The molecule has 0 spiro atoms. The van der Waals surface area contributed by atoms with Crippen LogP contribution in [0.4, 0.5) is 22.0 Å². The molecule has 2 aliphatic heterocycles. The fraction of sp³-hybridized carbons (Fsp3) is 0.342. The molecular formula is C38H42N8O5. The Hall–Kier alpha value is -5.69. The number of nitrogens with zero attached hydrogens (tertiary/aromatic N) is 7. The maximum absolute atomic E-state index is 14.4. The first kappa shape index (κ1) is 33.8. The third-order valence-electron chi connectivity index (χ3n) is 9.14. The van der Waals surface area contributed by atoms with Gasteiger partial charge < -0.3 is 34.2 Å².